The number of hydrogen-bond donors (Lipinski definition) is 0. The summed E-state index contributed by atoms with van der Waals surface area (Å²) in [4.78, 5) is 4.37. The molecular formula is C19H29NO. The average molecular weight is 287 g/mol. The highest BCUT2D eigenvalue weighted by Crippen LogP contribution is 2.14. The van der Waals surface area contributed by atoms with Crippen LogP contribution in [0.25, 0.3) is 0 Å². The predicted molar refractivity (Wildman–Crippen MR) is 94.3 cm³/mol. The minimum atomic E-state index is 0.429. The van der Waals surface area contributed by atoms with Gasteiger partial charge in [-0.1, -0.05) is 59.4 Å². The topological polar surface area (TPSA) is 21.6 Å². The highest BCUT2D eigenvalue weighted by atomic mass is 16.5. The van der Waals surface area contributed by atoms with Gasteiger partial charge in [-0.2, -0.15) is 0 Å². The van der Waals surface area contributed by atoms with Gasteiger partial charge in [-0.05, 0) is 36.6 Å². The van der Waals surface area contributed by atoms with E-state index in [1.807, 2.05) is 32.9 Å². The second-order valence-corrected chi connectivity index (χ2v) is 4.41. The van der Waals surface area contributed by atoms with Crippen molar-refractivity contribution in [3.05, 3.63) is 54.8 Å². The molecule has 2 nitrogen and oxygen atoms in total. The molecule has 1 aromatic carbocycles. The third-order valence-electron chi connectivity index (χ3n) is 2.77. The Labute approximate surface area is 130 Å². The molecule has 0 fully saturated rings. The molecule has 0 atom stereocenters. The monoisotopic (exact) mass is 287 g/mol. The second-order valence-electron chi connectivity index (χ2n) is 4.41. The summed E-state index contributed by atoms with van der Waals surface area (Å²) >= 11 is 0. The van der Waals surface area contributed by atoms with E-state index in [0.717, 1.165) is 36.4 Å². The van der Waals surface area contributed by atoms with Crippen LogP contribution < -0.4 is 4.74 Å². The van der Waals surface area contributed by atoms with Crippen LogP contribution in [0.2, 0.25) is 0 Å². The zero-order valence-electron chi connectivity index (χ0n) is 14.0. The first kappa shape index (κ1) is 19.2. The lowest BCUT2D eigenvalue weighted by molar-refractivity contribution is 0.377. The molecule has 0 aliphatic heterocycles. The Hall–Kier alpha value is -1.83. The minimum absolute atomic E-state index is 0.429. The zero-order valence-corrected chi connectivity index (χ0v) is 14.0. The lowest BCUT2D eigenvalue weighted by Gasteiger charge is -2.08. The molecule has 0 saturated heterocycles. The van der Waals surface area contributed by atoms with Crippen molar-refractivity contribution in [2.24, 2.45) is 4.99 Å². The van der Waals surface area contributed by atoms with Crippen LogP contribution >= 0.6 is 0 Å². The summed E-state index contributed by atoms with van der Waals surface area (Å²) in [5.41, 5.74) is 2.96. The number of hydrogen-bond acceptors (Lipinski definition) is 2. The summed E-state index contributed by atoms with van der Waals surface area (Å²) in [6.07, 6.45) is 4.77. The van der Waals surface area contributed by atoms with E-state index in [1.54, 1.807) is 6.08 Å². The lowest BCUT2D eigenvalue weighted by atomic mass is 10.1. The number of rotatable bonds is 8. The van der Waals surface area contributed by atoms with Gasteiger partial charge in [0.05, 0.1) is 5.71 Å². The summed E-state index contributed by atoms with van der Waals surface area (Å²) in [7, 11) is 0. The molecule has 0 heterocycles. The van der Waals surface area contributed by atoms with E-state index in [4.69, 9.17) is 4.74 Å². The predicted octanol–water partition coefficient (Wildman–Crippen LogP) is 5.59. The molecule has 0 aliphatic carbocycles. The van der Waals surface area contributed by atoms with Crippen molar-refractivity contribution in [2.45, 2.75) is 47.0 Å². The Balaban J connectivity index is 0.00000191. The van der Waals surface area contributed by atoms with Gasteiger partial charge in [-0.3, -0.25) is 4.99 Å². The Kier molecular flexibility index (Phi) is 10.9. The second kappa shape index (κ2) is 12.0. The van der Waals surface area contributed by atoms with Crippen LogP contribution in [-0.4, -0.2) is 12.3 Å². The van der Waals surface area contributed by atoms with Crippen molar-refractivity contribution >= 4 is 5.71 Å². The van der Waals surface area contributed by atoms with Crippen LogP contribution in [0.3, 0.4) is 0 Å². The summed E-state index contributed by atoms with van der Waals surface area (Å²) < 4.78 is 5.75. The number of allylic oxidation sites excluding steroid dienone is 1. The maximum atomic E-state index is 5.75. The number of aliphatic imine (C=N–C) groups is 1. The van der Waals surface area contributed by atoms with Gasteiger partial charge in [0.25, 0.3) is 0 Å². The van der Waals surface area contributed by atoms with Gasteiger partial charge >= 0.3 is 0 Å². The van der Waals surface area contributed by atoms with Crippen LogP contribution in [0.4, 0.5) is 0 Å². The van der Waals surface area contributed by atoms with Crippen molar-refractivity contribution in [3.63, 3.8) is 0 Å². The molecule has 1 aromatic rings. The Morgan fingerprint density at radius 1 is 1.29 bits per heavy atom. The van der Waals surface area contributed by atoms with E-state index < -0.39 is 0 Å². The standard InChI is InChI=1S/C17H23NO.C2H6/c1-5-9-15-10-8-11-17(12-15)19-13-16(7-3)18-14(4)6-2;1-2/h7-8,10-12H,3-6,9,13H2,1-2H3;1-2H3. The number of benzene rings is 1. The van der Waals surface area contributed by atoms with Gasteiger partial charge < -0.3 is 4.74 Å². The zero-order chi connectivity index (χ0) is 16.1. The van der Waals surface area contributed by atoms with Crippen LogP contribution in [-0.2, 0) is 6.42 Å². The van der Waals surface area contributed by atoms with E-state index in [0.29, 0.717) is 6.61 Å². The molecule has 0 N–H and O–H groups in total. The van der Waals surface area contributed by atoms with E-state index in [2.05, 4.69) is 37.2 Å². The molecule has 0 spiro atoms. The first-order valence-corrected chi connectivity index (χ1v) is 7.79. The fourth-order valence-electron chi connectivity index (χ4n) is 1.66. The fraction of sp³-hybridized carbons (Fsp3) is 0.421. The first-order chi connectivity index (χ1) is 10.2. The molecule has 0 saturated carbocycles. The summed E-state index contributed by atoms with van der Waals surface area (Å²) in [5, 5.41) is 0. The van der Waals surface area contributed by atoms with Crippen LogP contribution in [0.5, 0.6) is 5.75 Å². The largest absolute Gasteiger partial charge is 0.487 e. The van der Waals surface area contributed by atoms with Crippen molar-refractivity contribution in [2.75, 3.05) is 6.61 Å². The van der Waals surface area contributed by atoms with Gasteiger partial charge in [-0.15, -0.1) is 0 Å². The van der Waals surface area contributed by atoms with E-state index >= 15 is 0 Å². The summed E-state index contributed by atoms with van der Waals surface area (Å²) in [5.74, 6) is 0.877. The van der Waals surface area contributed by atoms with Crippen molar-refractivity contribution in [1.29, 1.82) is 0 Å². The molecule has 21 heavy (non-hydrogen) atoms. The summed E-state index contributed by atoms with van der Waals surface area (Å²) in [6.45, 7) is 16.3. The van der Waals surface area contributed by atoms with Gasteiger partial charge in [0.2, 0.25) is 0 Å². The van der Waals surface area contributed by atoms with Crippen LogP contribution in [0.15, 0.2) is 54.2 Å². The van der Waals surface area contributed by atoms with Gasteiger partial charge in [0.1, 0.15) is 12.4 Å². The molecule has 0 bridgehead atoms. The van der Waals surface area contributed by atoms with E-state index in [9.17, 15) is 0 Å². The van der Waals surface area contributed by atoms with E-state index in [-0.39, 0.29) is 0 Å². The first-order valence-electron chi connectivity index (χ1n) is 7.79. The Morgan fingerprint density at radius 2 is 2.00 bits per heavy atom. The van der Waals surface area contributed by atoms with Gasteiger partial charge in [0, 0.05) is 5.70 Å². The minimum Gasteiger partial charge on any atom is -0.487 e. The number of nitrogens with zero attached hydrogens (tertiary/aromatic N) is 1. The molecular weight excluding hydrogens is 258 g/mol. The quantitative estimate of drug-likeness (QED) is 0.571. The maximum absolute atomic E-state index is 5.75. The molecule has 116 valence electrons. The molecule has 0 aliphatic rings. The molecule has 0 radical (unpaired) electrons. The molecule has 2 heteroatoms. The Bertz CT molecular complexity index is 460. The average Bonchev–Trinajstić information content (AvgIpc) is 2.53. The van der Waals surface area contributed by atoms with Gasteiger partial charge in [0.15, 0.2) is 0 Å². The molecule has 0 amide bonds. The molecule has 0 unspecified atom stereocenters. The van der Waals surface area contributed by atoms with Crippen molar-refractivity contribution in [1.82, 2.24) is 0 Å². The van der Waals surface area contributed by atoms with Crippen LogP contribution in [0, 0.1) is 0 Å². The molecule has 0 aromatic heterocycles. The van der Waals surface area contributed by atoms with Crippen molar-refractivity contribution < 1.29 is 4.74 Å². The normalized spacial score (nSPS) is 10.4. The lowest BCUT2D eigenvalue weighted by Crippen LogP contribution is -2.09. The third kappa shape index (κ3) is 8.13. The number of ether oxygens (including phenoxy) is 1. The third-order valence-corrected chi connectivity index (χ3v) is 2.77. The van der Waals surface area contributed by atoms with Crippen molar-refractivity contribution in [3.8, 4) is 5.75 Å². The van der Waals surface area contributed by atoms with Gasteiger partial charge in [-0.25, -0.2) is 0 Å². The smallest absolute Gasteiger partial charge is 0.130 e. The van der Waals surface area contributed by atoms with E-state index in [1.165, 1.54) is 5.56 Å². The molecule has 1 rings (SSSR count). The van der Waals surface area contributed by atoms with Crippen LogP contribution in [0.1, 0.15) is 46.1 Å². The highest BCUT2D eigenvalue weighted by molar-refractivity contribution is 5.96. The summed E-state index contributed by atoms with van der Waals surface area (Å²) in [6, 6.07) is 8.20. The highest BCUT2D eigenvalue weighted by Gasteiger charge is 2.00. The maximum Gasteiger partial charge on any atom is 0.130 e. The number of aryl methyl sites for hydroxylation is 1. The Morgan fingerprint density at radius 3 is 2.57 bits per heavy atom. The SMILES string of the molecule is C=CC(COc1cccc(CCC)c1)=NC(=C)CC.CC. The fourth-order valence-corrected chi connectivity index (χ4v) is 1.66.